The molecule has 0 aromatic carbocycles. The molecule has 5 nitrogen and oxygen atoms in total. The molecule has 2 N–H and O–H groups in total. The fraction of sp³-hybridized carbons (Fsp3) is 0.733. The van der Waals surface area contributed by atoms with Crippen molar-refractivity contribution in [2.24, 2.45) is 11.1 Å². The van der Waals surface area contributed by atoms with Crippen molar-refractivity contribution in [1.82, 2.24) is 14.8 Å². The first-order valence-corrected chi connectivity index (χ1v) is 8.27. The number of nitrogens with zero attached hydrogens (tertiary/aromatic N) is 3. The van der Waals surface area contributed by atoms with Crippen molar-refractivity contribution in [2.45, 2.75) is 40.3 Å². The molecule has 0 bridgehead atoms. The van der Waals surface area contributed by atoms with E-state index in [1.807, 2.05) is 38.8 Å². The van der Waals surface area contributed by atoms with Crippen molar-refractivity contribution in [1.29, 1.82) is 0 Å². The summed E-state index contributed by atoms with van der Waals surface area (Å²) in [5, 5.41) is 1.11. The lowest BCUT2D eigenvalue weighted by atomic mass is 9.86. The Morgan fingerprint density at radius 2 is 2.00 bits per heavy atom. The number of piperazine rings is 1. The highest BCUT2D eigenvalue weighted by molar-refractivity contribution is 7.11. The van der Waals surface area contributed by atoms with Crippen LogP contribution >= 0.6 is 11.3 Å². The lowest BCUT2D eigenvalue weighted by Gasteiger charge is -2.38. The van der Waals surface area contributed by atoms with Crippen molar-refractivity contribution >= 4 is 17.2 Å². The summed E-state index contributed by atoms with van der Waals surface area (Å²) in [7, 11) is 0. The normalized spacial score (nSPS) is 18.8. The van der Waals surface area contributed by atoms with Crippen LogP contribution in [0.2, 0.25) is 0 Å². The van der Waals surface area contributed by atoms with Gasteiger partial charge >= 0.3 is 0 Å². The third-order valence-electron chi connectivity index (χ3n) is 3.93. The van der Waals surface area contributed by atoms with Crippen molar-refractivity contribution in [2.75, 3.05) is 26.2 Å². The van der Waals surface area contributed by atoms with Crippen LogP contribution in [0.1, 0.15) is 30.7 Å². The van der Waals surface area contributed by atoms with Gasteiger partial charge in [-0.2, -0.15) is 0 Å². The van der Waals surface area contributed by atoms with Crippen LogP contribution in [-0.4, -0.2) is 52.9 Å². The minimum absolute atomic E-state index is 0.0794. The summed E-state index contributed by atoms with van der Waals surface area (Å²) in [4.78, 5) is 22.2. The minimum atomic E-state index is -0.423. The average molecular weight is 310 g/mol. The van der Waals surface area contributed by atoms with Gasteiger partial charge in [-0.15, -0.1) is 11.3 Å². The van der Waals surface area contributed by atoms with Crippen LogP contribution in [0.15, 0.2) is 6.20 Å². The van der Waals surface area contributed by atoms with Gasteiger partial charge in [0.05, 0.1) is 11.0 Å². The van der Waals surface area contributed by atoms with E-state index in [1.54, 1.807) is 11.3 Å². The number of thiazole rings is 1. The molecular weight excluding hydrogens is 284 g/mol. The van der Waals surface area contributed by atoms with Gasteiger partial charge in [0, 0.05) is 43.8 Å². The molecule has 1 saturated heterocycles. The second-order valence-corrected chi connectivity index (χ2v) is 8.11. The Morgan fingerprint density at radius 1 is 1.38 bits per heavy atom. The van der Waals surface area contributed by atoms with Gasteiger partial charge < -0.3 is 10.6 Å². The number of aromatic nitrogens is 1. The summed E-state index contributed by atoms with van der Waals surface area (Å²) < 4.78 is 0. The van der Waals surface area contributed by atoms with Gasteiger partial charge in [0.1, 0.15) is 0 Å². The molecular formula is C15H26N4OS. The highest BCUT2D eigenvalue weighted by Gasteiger charge is 2.32. The van der Waals surface area contributed by atoms with Crippen LogP contribution in [-0.2, 0) is 11.3 Å². The smallest absolute Gasteiger partial charge is 0.240 e. The Balaban J connectivity index is 1.84. The Labute approximate surface area is 131 Å². The molecule has 1 atom stereocenters. The summed E-state index contributed by atoms with van der Waals surface area (Å²) in [6, 6.07) is -0.423. The summed E-state index contributed by atoms with van der Waals surface area (Å²) in [6.45, 7) is 12.3. The molecule has 1 aromatic rings. The fourth-order valence-electron chi connectivity index (χ4n) is 2.39. The lowest BCUT2D eigenvalue weighted by molar-refractivity contribution is -0.136. The monoisotopic (exact) mass is 310 g/mol. The quantitative estimate of drug-likeness (QED) is 0.918. The second-order valence-electron chi connectivity index (χ2n) is 6.79. The van der Waals surface area contributed by atoms with E-state index in [0.717, 1.165) is 37.7 Å². The molecule has 1 fully saturated rings. The van der Waals surface area contributed by atoms with Gasteiger partial charge in [0.2, 0.25) is 5.91 Å². The molecule has 0 saturated carbocycles. The third-order valence-corrected chi connectivity index (χ3v) is 4.83. The third kappa shape index (κ3) is 4.25. The van der Waals surface area contributed by atoms with Crippen LogP contribution in [0.3, 0.4) is 0 Å². The number of amides is 1. The SMILES string of the molecule is Cc1ncc(CN2CCN(C(=O)[C@@H](N)C(C)(C)C)CC2)s1. The first kappa shape index (κ1) is 16.4. The Bertz CT molecular complexity index is 486. The van der Waals surface area contributed by atoms with Crippen molar-refractivity contribution in [3.05, 3.63) is 16.1 Å². The highest BCUT2D eigenvalue weighted by atomic mass is 32.1. The van der Waals surface area contributed by atoms with Gasteiger partial charge in [-0.05, 0) is 12.3 Å². The van der Waals surface area contributed by atoms with Crippen LogP contribution in [0.25, 0.3) is 0 Å². The molecule has 0 unspecified atom stereocenters. The number of nitrogens with two attached hydrogens (primary N) is 1. The van der Waals surface area contributed by atoms with Crippen LogP contribution < -0.4 is 5.73 Å². The largest absolute Gasteiger partial charge is 0.339 e. The molecule has 2 rings (SSSR count). The van der Waals surface area contributed by atoms with E-state index in [9.17, 15) is 4.79 Å². The minimum Gasteiger partial charge on any atom is -0.339 e. The van der Waals surface area contributed by atoms with Crippen molar-refractivity contribution in [3.8, 4) is 0 Å². The summed E-state index contributed by atoms with van der Waals surface area (Å²) in [6.07, 6.45) is 1.95. The maximum Gasteiger partial charge on any atom is 0.240 e. The second kappa shape index (κ2) is 6.42. The van der Waals surface area contributed by atoms with E-state index in [0.29, 0.717) is 0 Å². The molecule has 1 aliphatic heterocycles. The van der Waals surface area contributed by atoms with Crippen molar-refractivity contribution < 1.29 is 4.79 Å². The number of rotatable bonds is 3. The Kier molecular flexibility index (Phi) is 5.01. The zero-order valence-electron chi connectivity index (χ0n) is 13.4. The number of hydrogen-bond donors (Lipinski definition) is 1. The molecule has 6 heteroatoms. The van der Waals surface area contributed by atoms with Gasteiger partial charge in [-0.25, -0.2) is 4.98 Å². The molecule has 21 heavy (non-hydrogen) atoms. The maximum absolute atomic E-state index is 12.4. The number of carbonyl (C=O) groups excluding carboxylic acids is 1. The van der Waals surface area contributed by atoms with E-state index in [-0.39, 0.29) is 11.3 Å². The standard InChI is InChI=1S/C15H26N4OS/c1-11-17-9-12(21-11)10-18-5-7-19(8-6-18)14(20)13(16)15(2,3)4/h9,13H,5-8,10,16H2,1-4H3/t13-/m1/s1. The summed E-state index contributed by atoms with van der Waals surface area (Å²) in [5.41, 5.74) is 5.89. The Hall–Kier alpha value is -0.980. The van der Waals surface area contributed by atoms with Gasteiger partial charge in [0.25, 0.3) is 0 Å². The van der Waals surface area contributed by atoms with E-state index < -0.39 is 6.04 Å². The molecule has 0 spiro atoms. The van der Waals surface area contributed by atoms with Gasteiger partial charge in [-0.3, -0.25) is 9.69 Å². The molecule has 1 aliphatic rings. The predicted molar refractivity (Wildman–Crippen MR) is 86.1 cm³/mol. The van der Waals surface area contributed by atoms with E-state index in [4.69, 9.17) is 5.73 Å². The molecule has 118 valence electrons. The fourth-order valence-corrected chi connectivity index (χ4v) is 3.23. The van der Waals surface area contributed by atoms with Crippen LogP contribution in [0.5, 0.6) is 0 Å². The van der Waals surface area contributed by atoms with Crippen LogP contribution in [0, 0.1) is 12.3 Å². The zero-order valence-corrected chi connectivity index (χ0v) is 14.2. The van der Waals surface area contributed by atoms with Crippen LogP contribution in [0.4, 0.5) is 0 Å². The first-order valence-electron chi connectivity index (χ1n) is 7.45. The number of carbonyl (C=O) groups is 1. The average Bonchev–Trinajstić information content (AvgIpc) is 2.82. The van der Waals surface area contributed by atoms with E-state index >= 15 is 0 Å². The van der Waals surface area contributed by atoms with Crippen molar-refractivity contribution in [3.63, 3.8) is 0 Å². The zero-order chi connectivity index (χ0) is 15.6. The topological polar surface area (TPSA) is 62.5 Å². The highest BCUT2D eigenvalue weighted by Crippen LogP contribution is 2.20. The Morgan fingerprint density at radius 3 is 2.48 bits per heavy atom. The van der Waals surface area contributed by atoms with E-state index in [2.05, 4.69) is 9.88 Å². The maximum atomic E-state index is 12.4. The van der Waals surface area contributed by atoms with E-state index in [1.165, 1.54) is 4.88 Å². The van der Waals surface area contributed by atoms with Gasteiger partial charge in [0.15, 0.2) is 0 Å². The molecule has 1 amide bonds. The molecule has 1 aromatic heterocycles. The molecule has 2 heterocycles. The molecule has 0 aliphatic carbocycles. The number of aryl methyl sites for hydroxylation is 1. The van der Waals surface area contributed by atoms with Gasteiger partial charge in [-0.1, -0.05) is 20.8 Å². The first-order chi connectivity index (χ1) is 9.77. The summed E-state index contributed by atoms with van der Waals surface area (Å²) >= 11 is 1.74. The predicted octanol–water partition coefficient (Wildman–Crippen LogP) is 1.47. The summed E-state index contributed by atoms with van der Waals surface area (Å²) in [5.74, 6) is 0.0794. The lowest BCUT2D eigenvalue weighted by Crippen LogP contribution is -2.55. The number of hydrogen-bond acceptors (Lipinski definition) is 5. The molecule has 0 radical (unpaired) electrons.